The van der Waals surface area contributed by atoms with Gasteiger partial charge in [0.1, 0.15) is 0 Å². The highest BCUT2D eigenvalue weighted by Crippen LogP contribution is 2.37. The molecule has 0 aromatic carbocycles. The number of carbonyl (C=O) groups is 1. The summed E-state index contributed by atoms with van der Waals surface area (Å²) in [6, 6.07) is 0.497. The van der Waals surface area contributed by atoms with E-state index in [9.17, 15) is 4.79 Å². The number of likely N-dealkylation sites (tertiary alicyclic amines) is 1. The molecule has 2 aliphatic rings. The lowest BCUT2D eigenvalue weighted by Crippen LogP contribution is -2.50. The highest BCUT2D eigenvalue weighted by Gasteiger charge is 2.38. The van der Waals surface area contributed by atoms with Crippen LogP contribution < -0.4 is 5.73 Å². The summed E-state index contributed by atoms with van der Waals surface area (Å²) in [5.74, 6) is 1.03. The lowest BCUT2D eigenvalue weighted by molar-refractivity contribution is -0.140. The average molecular weight is 261 g/mol. The van der Waals surface area contributed by atoms with Crippen molar-refractivity contribution in [3.8, 4) is 0 Å². The van der Waals surface area contributed by atoms with Crippen LogP contribution in [0.3, 0.4) is 0 Å². The molecule has 4 heteroatoms. The Hall–Kier alpha value is -0.280. The molecule has 2 N–H and O–H groups in total. The summed E-state index contributed by atoms with van der Waals surface area (Å²) in [5.41, 5.74) is 5.83. The Morgan fingerprint density at radius 2 is 1.88 bits per heavy atom. The van der Waals surface area contributed by atoms with Crippen LogP contribution in [-0.2, 0) is 4.79 Å². The minimum absolute atomic E-state index is 0. The highest BCUT2D eigenvalue weighted by molar-refractivity contribution is 5.85. The maximum Gasteiger partial charge on any atom is 0.227 e. The standard InChI is InChI=1S/C13H24N2O.ClH/c1-9(10(2)14)13(16)15-8-4-6-11-5-3-7-12(11)15;/h9-12H,3-8,14H2,1-2H3;1H. The van der Waals surface area contributed by atoms with E-state index >= 15 is 0 Å². The van der Waals surface area contributed by atoms with Crippen LogP contribution in [0.1, 0.15) is 46.0 Å². The van der Waals surface area contributed by atoms with E-state index in [-0.39, 0.29) is 30.3 Å². The van der Waals surface area contributed by atoms with Crippen LogP contribution in [-0.4, -0.2) is 29.4 Å². The SMILES string of the molecule is CC(N)C(C)C(=O)N1CCCC2CCCC21.Cl. The van der Waals surface area contributed by atoms with E-state index in [0.717, 1.165) is 12.5 Å². The number of nitrogens with zero attached hydrogens (tertiary/aromatic N) is 1. The van der Waals surface area contributed by atoms with Gasteiger partial charge >= 0.3 is 0 Å². The average Bonchev–Trinajstić information content (AvgIpc) is 2.74. The zero-order valence-electron chi connectivity index (χ0n) is 10.9. The zero-order chi connectivity index (χ0) is 11.7. The Kier molecular flexibility index (Phi) is 5.26. The van der Waals surface area contributed by atoms with Crippen LogP contribution in [0.15, 0.2) is 0 Å². The molecule has 1 heterocycles. The van der Waals surface area contributed by atoms with Gasteiger partial charge in [-0.2, -0.15) is 0 Å². The van der Waals surface area contributed by atoms with Gasteiger partial charge in [-0.1, -0.05) is 13.3 Å². The quantitative estimate of drug-likeness (QED) is 0.827. The summed E-state index contributed by atoms with van der Waals surface area (Å²) in [6.45, 7) is 4.85. The van der Waals surface area contributed by atoms with Crippen molar-refractivity contribution in [2.24, 2.45) is 17.6 Å². The third-order valence-electron chi connectivity index (χ3n) is 4.45. The fraction of sp³-hybridized carbons (Fsp3) is 0.923. The predicted octanol–water partition coefficient (Wildman–Crippen LogP) is 2.18. The van der Waals surface area contributed by atoms with Crippen LogP contribution in [0.2, 0.25) is 0 Å². The molecular formula is C13H25ClN2O. The minimum atomic E-state index is -0.0331. The number of carbonyl (C=O) groups excluding carboxylic acids is 1. The first-order valence-electron chi connectivity index (χ1n) is 6.67. The smallest absolute Gasteiger partial charge is 0.227 e. The third-order valence-corrected chi connectivity index (χ3v) is 4.45. The Morgan fingerprint density at radius 3 is 2.53 bits per heavy atom. The molecule has 1 aliphatic heterocycles. The fourth-order valence-corrected chi connectivity index (χ4v) is 3.21. The van der Waals surface area contributed by atoms with Gasteiger partial charge in [-0.05, 0) is 38.5 Å². The summed E-state index contributed by atoms with van der Waals surface area (Å²) < 4.78 is 0. The molecule has 4 atom stereocenters. The van der Waals surface area contributed by atoms with Gasteiger partial charge in [-0.15, -0.1) is 12.4 Å². The van der Waals surface area contributed by atoms with E-state index < -0.39 is 0 Å². The lowest BCUT2D eigenvalue weighted by atomic mass is 9.90. The lowest BCUT2D eigenvalue weighted by Gasteiger charge is -2.39. The van der Waals surface area contributed by atoms with Crippen molar-refractivity contribution in [2.75, 3.05) is 6.54 Å². The molecular weight excluding hydrogens is 236 g/mol. The Labute approximate surface area is 111 Å². The summed E-state index contributed by atoms with van der Waals surface area (Å²) in [6.07, 6.45) is 6.33. The number of hydrogen-bond acceptors (Lipinski definition) is 2. The number of fused-ring (bicyclic) bond motifs is 1. The second-order valence-electron chi connectivity index (χ2n) is 5.58. The molecule has 1 amide bonds. The molecule has 1 saturated carbocycles. The fourth-order valence-electron chi connectivity index (χ4n) is 3.21. The Balaban J connectivity index is 0.00000144. The largest absolute Gasteiger partial charge is 0.339 e. The van der Waals surface area contributed by atoms with Crippen molar-refractivity contribution < 1.29 is 4.79 Å². The zero-order valence-corrected chi connectivity index (χ0v) is 11.7. The van der Waals surface area contributed by atoms with Crippen LogP contribution in [0.5, 0.6) is 0 Å². The molecule has 2 fully saturated rings. The molecule has 17 heavy (non-hydrogen) atoms. The molecule has 100 valence electrons. The van der Waals surface area contributed by atoms with E-state index in [4.69, 9.17) is 5.73 Å². The van der Waals surface area contributed by atoms with Gasteiger partial charge < -0.3 is 10.6 Å². The maximum atomic E-state index is 12.3. The molecule has 1 saturated heterocycles. The summed E-state index contributed by atoms with van der Waals surface area (Å²) in [4.78, 5) is 14.5. The van der Waals surface area contributed by atoms with Gasteiger partial charge in [0.2, 0.25) is 5.91 Å². The number of halogens is 1. The van der Waals surface area contributed by atoms with Gasteiger partial charge in [-0.3, -0.25) is 4.79 Å². The molecule has 0 radical (unpaired) electrons. The van der Waals surface area contributed by atoms with E-state index in [1.165, 1.54) is 32.1 Å². The molecule has 1 aliphatic carbocycles. The van der Waals surface area contributed by atoms with Crippen LogP contribution in [0.4, 0.5) is 0 Å². The molecule has 2 rings (SSSR count). The summed E-state index contributed by atoms with van der Waals surface area (Å²) >= 11 is 0. The maximum absolute atomic E-state index is 12.3. The molecule has 0 spiro atoms. The number of rotatable bonds is 2. The molecule has 3 nitrogen and oxygen atoms in total. The Bertz CT molecular complexity index is 270. The molecule has 0 aromatic rings. The summed E-state index contributed by atoms with van der Waals surface area (Å²) in [5, 5.41) is 0. The van der Waals surface area contributed by atoms with Crippen molar-refractivity contribution in [3.05, 3.63) is 0 Å². The van der Waals surface area contributed by atoms with Crippen molar-refractivity contribution in [1.29, 1.82) is 0 Å². The minimum Gasteiger partial charge on any atom is -0.339 e. The number of hydrogen-bond donors (Lipinski definition) is 1. The van der Waals surface area contributed by atoms with Gasteiger partial charge in [0, 0.05) is 18.6 Å². The van der Waals surface area contributed by atoms with Crippen LogP contribution >= 0.6 is 12.4 Å². The van der Waals surface area contributed by atoms with Gasteiger partial charge in [0.15, 0.2) is 0 Å². The van der Waals surface area contributed by atoms with E-state index in [2.05, 4.69) is 4.90 Å². The number of piperidine rings is 1. The third kappa shape index (κ3) is 2.94. The topological polar surface area (TPSA) is 46.3 Å². The number of nitrogens with two attached hydrogens (primary N) is 1. The molecule has 0 bridgehead atoms. The molecule has 0 aromatic heterocycles. The number of amides is 1. The van der Waals surface area contributed by atoms with Gasteiger partial charge in [-0.25, -0.2) is 0 Å². The first-order chi connectivity index (χ1) is 7.61. The second-order valence-corrected chi connectivity index (χ2v) is 5.58. The summed E-state index contributed by atoms with van der Waals surface area (Å²) in [7, 11) is 0. The second kappa shape index (κ2) is 6.05. The predicted molar refractivity (Wildman–Crippen MR) is 72.1 cm³/mol. The van der Waals surface area contributed by atoms with E-state index in [0.29, 0.717) is 6.04 Å². The monoisotopic (exact) mass is 260 g/mol. The van der Waals surface area contributed by atoms with Crippen molar-refractivity contribution >= 4 is 18.3 Å². The van der Waals surface area contributed by atoms with Crippen molar-refractivity contribution in [1.82, 2.24) is 4.90 Å². The van der Waals surface area contributed by atoms with Gasteiger partial charge in [0.25, 0.3) is 0 Å². The van der Waals surface area contributed by atoms with Gasteiger partial charge in [0.05, 0.1) is 5.92 Å². The van der Waals surface area contributed by atoms with Crippen LogP contribution in [0.25, 0.3) is 0 Å². The van der Waals surface area contributed by atoms with Crippen molar-refractivity contribution in [3.63, 3.8) is 0 Å². The first-order valence-corrected chi connectivity index (χ1v) is 6.67. The van der Waals surface area contributed by atoms with E-state index in [1.807, 2.05) is 13.8 Å². The molecule has 4 unspecified atom stereocenters. The normalized spacial score (nSPS) is 31.4. The van der Waals surface area contributed by atoms with Crippen molar-refractivity contribution in [2.45, 2.75) is 58.0 Å². The van der Waals surface area contributed by atoms with Crippen LogP contribution in [0, 0.1) is 11.8 Å². The first kappa shape index (κ1) is 14.8. The highest BCUT2D eigenvalue weighted by atomic mass is 35.5. The van der Waals surface area contributed by atoms with E-state index in [1.54, 1.807) is 0 Å². The Morgan fingerprint density at radius 1 is 1.24 bits per heavy atom.